The van der Waals surface area contributed by atoms with E-state index in [1.54, 1.807) is 18.2 Å². The van der Waals surface area contributed by atoms with Crippen LogP contribution in [0.2, 0.25) is 10.0 Å². The summed E-state index contributed by atoms with van der Waals surface area (Å²) in [6.45, 7) is 0.660. The lowest BCUT2D eigenvalue weighted by molar-refractivity contribution is 0.285. The van der Waals surface area contributed by atoms with Crippen LogP contribution in [-0.2, 0) is 0 Å². The maximum absolute atomic E-state index is 9.01. The van der Waals surface area contributed by atoms with Crippen molar-refractivity contribution >= 4 is 23.2 Å². The van der Waals surface area contributed by atoms with Crippen molar-refractivity contribution < 1.29 is 5.11 Å². The van der Waals surface area contributed by atoms with E-state index in [0.29, 0.717) is 28.6 Å². The Balaban J connectivity index is 2.76. The second-order valence-electron chi connectivity index (χ2n) is 3.26. The third-order valence-corrected chi connectivity index (χ3v) is 2.65. The first-order valence-electron chi connectivity index (χ1n) is 4.88. The van der Waals surface area contributed by atoms with Gasteiger partial charge in [-0.3, -0.25) is 5.32 Å². The van der Waals surface area contributed by atoms with Crippen LogP contribution in [0.5, 0.6) is 0 Å². The van der Waals surface area contributed by atoms with Crippen LogP contribution in [0.25, 0.3) is 0 Å². The van der Waals surface area contributed by atoms with E-state index in [4.69, 9.17) is 33.6 Å². The van der Waals surface area contributed by atoms with E-state index in [9.17, 15) is 0 Å². The number of rotatable bonds is 5. The summed E-state index contributed by atoms with van der Waals surface area (Å²) < 4.78 is 0. The summed E-state index contributed by atoms with van der Waals surface area (Å²) >= 11 is 11.8. The van der Waals surface area contributed by atoms with Crippen molar-refractivity contribution in [3.63, 3.8) is 0 Å². The molecule has 1 atom stereocenters. The number of benzene rings is 1. The molecule has 16 heavy (non-hydrogen) atoms. The summed E-state index contributed by atoms with van der Waals surface area (Å²) in [4.78, 5) is 0. The summed E-state index contributed by atoms with van der Waals surface area (Å²) in [6, 6.07) is 6.67. The van der Waals surface area contributed by atoms with Crippen LogP contribution in [0.4, 0.5) is 0 Å². The summed E-state index contributed by atoms with van der Waals surface area (Å²) in [7, 11) is 0. The number of nitriles is 1. The molecule has 3 nitrogen and oxygen atoms in total. The highest BCUT2D eigenvalue weighted by Gasteiger charge is 2.13. The van der Waals surface area contributed by atoms with Crippen molar-refractivity contribution in [2.75, 3.05) is 13.2 Å². The Hall–Kier alpha value is -0.790. The highest BCUT2D eigenvalue weighted by Crippen LogP contribution is 2.25. The van der Waals surface area contributed by atoms with Crippen molar-refractivity contribution in [3.8, 4) is 6.07 Å². The molecule has 0 fully saturated rings. The molecule has 0 heterocycles. The summed E-state index contributed by atoms with van der Waals surface area (Å²) in [5, 5.41) is 21.7. The largest absolute Gasteiger partial charge is 0.396 e. The number of nitrogens with one attached hydrogen (secondary N) is 1. The molecule has 0 saturated heterocycles. The molecular weight excluding hydrogens is 247 g/mol. The Labute approximate surface area is 105 Å². The lowest BCUT2D eigenvalue weighted by atomic mass is 10.1. The summed E-state index contributed by atoms with van der Waals surface area (Å²) in [5.74, 6) is 0. The predicted molar refractivity (Wildman–Crippen MR) is 64.5 cm³/mol. The molecule has 0 amide bonds. The molecule has 0 aromatic heterocycles. The number of hydrogen-bond donors (Lipinski definition) is 2. The van der Waals surface area contributed by atoms with Gasteiger partial charge in [-0.1, -0.05) is 29.3 Å². The minimum atomic E-state index is -0.476. The average Bonchev–Trinajstić information content (AvgIpc) is 2.26. The van der Waals surface area contributed by atoms with Crippen molar-refractivity contribution in [3.05, 3.63) is 33.8 Å². The molecule has 0 saturated carbocycles. The SMILES string of the molecule is N#CC(NCCCO)c1ccc(Cl)cc1Cl. The lowest BCUT2D eigenvalue weighted by Crippen LogP contribution is -2.22. The first kappa shape index (κ1) is 13.3. The maximum Gasteiger partial charge on any atom is 0.122 e. The average molecular weight is 259 g/mol. The number of aliphatic hydroxyl groups excluding tert-OH is 1. The fraction of sp³-hybridized carbons (Fsp3) is 0.364. The molecule has 86 valence electrons. The van der Waals surface area contributed by atoms with Crippen LogP contribution in [0.15, 0.2) is 18.2 Å². The van der Waals surface area contributed by atoms with Gasteiger partial charge in [0.05, 0.1) is 6.07 Å². The molecule has 1 aromatic carbocycles. The minimum Gasteiger partial charge on any atom is -0.396 e. The van der Waals surface area contributed by atoms with E-state index in [1.165, 1.54) is 0 Å². The molecule has 0 bridgehead atoms. The van der Waals surface area contributed by atoms with Gasteiger partial charge in [-0.05, 0) is 25.1 Å². The molecule has 0 aliphatic heterocycles. The van der Waals surface area contributed by atoms with Crippen LogP contribution in [-0.4, -0.2) is 18.3 Å². The zero-order chi connectivity index (χ0) is 12.0. The highest BCUT2D eigenvalue weighted by atomic mass is 35.5. The third kappa shape index (κ3) is 3.66. The zero-order valence-corrected chi connectivity index (χ0v) is 10.1. The topological polar surface area (TPSA) is 56.0 Å². The Morgan fingerprint density at radius 3 is 2.75 bits per heavy atom. The molecule has 0 aliphatic carbocycles. The first-order chi connectivity index (χ1) is 7.69. The number of nitrogens with zero attached hydrogens (tertiary/aromatic N) is 1. The lowest BCUT2D eigenvalue weighted by Gasteiger charge is -2.13. The Morgan fingerprint density at radius 1 is 1.44 bits per heavy atom. The van der Waals surface area contributed by atoms with Crippen molar-refractivity contribution in [2.24, 2.45) is 0 Å². The summed E-state index contributed by atoms with van der Waals surface area (Å²) in [6.07, 6.45) is 0.601. The van der Waals surface area contributed by atoms with Gasteiger partial charge in [0.1, 0.15) is 6.04 Å². The van der Waals surface area contributed by atoms with Gasteiger partial charge < -0.3 is 5.11 Å². The second kappa shape index (κ2) is 6.72. The minimum absolute atomic E-state index is 0.0967. The van der Waals surface area contributed by atoms with E-state index in [-0.39, 0.29) is 6.61 Å². The van der Waals surface area contributed by atoms with Crippen molar-refractivity contribution in [1.82, 2.24) is 5.32 Å². The second-order valence-corrected chi connectivity index (χ2v) is 4.10. The van der Waals surface area contributed by atoms with Gasteiger partial charge in [0.25, 0.3) is 0 Å². The molecule has 2 N–H and O–H groups in total. The number of aliphatic hydroxyl groups is 1. The molecule has 1 aromatic rings. The first-order valence-corrected chi connectivity index (χ1v) is 5.63. The number of hydrogen-bond acceptors (Lipinski definition) is 3. The van der Waals surface area contributed by atoms with E-state index >= 15 is 0 Å². The Kier molecular flexibility index (Phi) is 5.58. The molecule has 0 spiro atoms. The maximum atomic E-state index is 9.01. The van der Waals surface area contributed by atoms with E-state index in [1.807, 2.05) is 0 Å². The third-order valence-electron chi connectivity index (χ3n) is 2.09. The Bertz CT molecular complexity index is 390. The van der Waals surface area contributed by atoms with Crippen LogP contribution >= 0.6 is 23.2 Å². The molecule has 5 heteroatoms. The smallest absolute Gasteiger partial charge is 0.122 e. The zero-order valence-electron chi connectivity index (χ0n) is 8.58. The van der Waals surface area contributed by atoms with Gasteiger partial charge in [0, 0.05) is 22.2 Å². The standard InChI is InChI=1S/C11H12Cl2N2O/c12-8-2-3-9(10(13)6-8)11(7-14)15-4-1-5-16/h2-3,6,11,15-16H,1,4-5H2. The van der Waals surface area contributed by atoms with E-state index in [0.717, 1.165) is 0 Å². The van der Waals surface area contributed by atoms with Crippen LogP contribution < -0.4 is 5.32 Å². The van der Waals surface area contributed by atoms with Gasteiger partial charge in [0.2, 0.25) is 0 Å². The quantitative estimate of drug-likeness (QED) is 0.799. The van der Waals surface area contributed by atoms with E-state index < -0.39 is 6.04 Å². The fourth-order valence-corrected chi connectivity index (χ4v) is 1.80. The Morgan fingerprint density at radius 2 is 2.19 bits per heavy atom. The molecule has 1 rings (SSSR count). The van der Waals surface area contributed by atoms with Gasteiger partial charge in [-0.25, -0.2) is 0 Å². The summed E-state index contributed by atoms with van der Waals surface area (Å²) in [5.41, 5.74) is 0.700. The van der Waals surface area contributed by atoms with Crippen LogP contribution in [0, 0.1) is 11.3 Å². The van der Waals surface area contributed by atoms with E-state index in [2.05, 4.69) is 11.4 Å². The van der Waals surface area contributed by atoms with Gasteiger partial charge in [-0.15, -0.1) is 0 Å². The van der Waals surface area contributed by atoms with Gasteiger partial charge in [-0.2, -0.15) is 5.26 Å². The monoisotopic (exact) mass is 258 g/mol. The molecule has 0 aliphatic rings. The fourth-order valence-electron chi connectivity index (χ4n) is 1.29. The highest BCUT2D eigenvalue weighted by molar-refractivity contribution is 6.35. The predicted octanol–water partition coefficient (Wildman–Crippen LogP) is 2.53. The van der Waals surface area contributed by atoms with Crippen LogP contribution in [0.1, 0.15) is 18.0 Å². The van der Waals surface area contributed by atoms with Gasteiger partial charge in [0.15, 0.2) is 0 Å². The molecule has 0 radical (unpaired) electrons. The van der Waals surface area contributed by atoms with Gasteiger partial charge >= 0.3 is 0 Å². The van der Waals surface area contributed by atoms with Crippen LogP contribution in [0.3, 0.4) is 0 Å². The molecule has 1 unspecified atom stereocenters. The number of halogens is 2. The van der Waals surface area contributed by atoms with Crippen molar-refractivity contribution in [2.45, 2.75) is 12.5 Å². The van der Waals surface area contributed by atoms with Crippen molar-refractivity contribution in [1.29, 1.82) is 5.26 Å². The molecular formula is C11H12Cl2N2O. The normalized spacial score (nSPS) is 12.1.